The molecule has 4 heteroatoms. The largest absolute Gasteiger partial charge is 0.507 e. The minimum atomic E-state index is 0.159. The average molecular weight is 283 g/mol. The number of aromatic hydroxyl groups is 1. The maximum Gasteiger partial charge on any atom is 0.124 e. The van der Waals surface area contributed by atoms with Gasteiger partial charge in [-0.2, -0.15) is 11.8 Å². The highest BCUT2D eigenvalue weighted by molar-refractivity contribution is 7.98. The molecule has 0 saturated heterocycles. The van der Waals surface area contributed by atoms with Gasteiger partial charge < -0.3 is 15.2 Å². The third kappa shape index (κ3) is 5.74. The Morgan fingerprint density at radius 2 is 2.11 bits per heavy atom. The number of phenols is 1. The van der Waals surface area contributed by atoms with Gasteiger partial charge in [0, 0.05) is 17.7 Å². The molecule has 0 fully saturated rings. The van der Waals surface area contributed by atoms with Gasteiger partial charge in [0.2, 0.25) is 0 Å². The molecule has 0 amide bonds. The van der Waals surface area contributed by atoms with Crippen LogP contribution in [-0.2, 0) is 0 Å². The first-order chi connectivity index (χ1) is 9.19. The number of methoxy groups -OCH3 is 1. The predicted molar refractivity (Wildman–Crippen MR) is 83.3 cm³/mol. The Bertz CT molecular complexity index is 371. The predicted octanol–water partition coefficient (Wildman–Crippen LogP) is 3.58. The molecule has 0 aromatic heterocycles. The molecule has 2 N–H and O–H groups in total. The van der Waals surface area contributed by atoms with Gasteiger partial charge in [-0.15, -0.1) is 0 Å². The maximum atomic E-state index is 9.94. The van der Waals surface area contributed by atoms with Crippen LogP contribution in [-0.4, -0.2) is 30.8 Å². The van der Waals surface area contributed by atoms with Crippen molar-refractivity contribution in [2.75, 3.05) is 25.7 Å². The topological polar surface area (TPSA) is 41.5 Å². The molecule has 0 aliphatic heterocycles. The first-order valence-electron chi connectivity index (χ1n) is 6.78. The van der Waals surface area contributed by atoms with Crippen molar-refractivity contribution in [1.82, 2.24) is 5.32 Å². The number of thioether (sulfide) groups is 1. The van der Waals surface area contributed by atoms with Crippen molar-refractivity contribution in [3.8, 4) is 11.5 Å². The Morgan fingerprint density at radius 1 is 1.32 bits per heavy atom. The van der Waals surface area contributed by atoms with Crippen LogP contribution in [0.5, 0.6) is 11.5 Å². The van der Waals surface area contributed by atoms with Crippen molar-refractivity contribution in [3.05, 3.63) is 23.8 Å². The van der Waals surface area contributed by atoms with Gasteiger partial charge in [-0.3, -0.25) is 0 Å². The van der Waals surface area contributed by atoms with Crippen LogP contribution in [0.1, 0.15) is 37.8 Å². The average Bonchev–Trinajstić information content (AvgIpc) is 2.42. The lowest BCUT2D eigenvalue weighted by Gasteiger charge is -2.16. The Balaban J connectivity index is 2.34. The zero-order chi connectivity index (χ0) is 14.1. The molecule has 0 heterocycles. The molecule has 1 aromatic rings. The van der Waals surface area contributed by atoms with E-state index in [0.29, 0.717) is 11.5 Å². The fourth-order valence-electron chi connectivity index (χ4n) is 1.99. The molecule has 0 aliphatic carbocycles. The van der Waals surface area contributed by atoms with Crippen LogP contribution in [0.4, 0.5) is 0 Å². The number of nitrogens with one attached hydrogen (secondary N) is 1. The molecule has 0 saturated carbocycles. The summed E-state index contributed by atoms with van der Waals surface area (Å²) in [5, 5.41) is 13.4. The standard InChI is InChI=1S/C15H25NO2S/c1-12(16-9-5-4-6-10-19-3)14-8-7-13(18-2)11-15(14)17/h7-8,11-12,16-17H,4-6,9-10H2,1-3H3. The third-order valence-electron chi connectivity index (χ3n) is 3.18. The van der Waals surface area contributed by atoms with Crippen LogP contribution in [0, 0.1) is 0 Å². The van der Waals surface area contributed by atoms with E-state index >= 15 is 0 Å². The fourth-order valence-corrected chi connectivity index (χ4v) is 2.49. The van der Waals surface area contributed by atoms with Crippen LogP contribution in [0.3, 0.4) is 0 Å². The Labute approximate surface area is 120 Å². The van der Waals surface area contributed by atoms with E-state index < -0.39 is 0 Å². The van der Waals surface area contributed by atoms with Gasteiger partial charge in [-0.05, 0) is 44.4 Å². The second-order valence-electron chi connectivity index (χ2n) is 4.65. The molecule has 3 nitrogen and oxygen atoms in total. The van der Waals surface area contributed by atoms with Crippen LogP contribution >= 0.6 is 11.8 Å². The third-order valence-corrected chi connectivity index (χ3v) is 3.88. The van der Waals surface area contributed by atoms with Crippen molar-refractivity contribution in [2.24, 2.45) is 0 Å². The first kappa shape index (κ1) is 16.2. The lowest BCUT2D eigenvalue weighted by atomic mass is 10.1. The van der Waals surface area contributed by atoms with E-state index in [-0.39, 0.29) is 6.04 Å². The lowest BCUT2D eigenvalue weighted by molar-refractivity contribution is 0.404. The summed E-state index contributed by atoms with van der Waals surface area (Å²) in [5.74, 6) is 2.22. The minimum Gasteiger partial charge on any atom is -0.507 e. The van der Waals surface area contributed by atoms with E-state index in [2.05, 4.69) is 18.5 Å². The lowest BCUT2D eigenvalue weighted by Crippen LogP contribution is -2.20. The molecular weight excluding hydrogens is 258 g/mol. The summed E-state index contributed by atoms with van der Waals surface area (Å²) >= 11 is 1.90. The highest BCUT2D eigenvalue weighted by Gasteiger charge is 2.10. The quantitative estimate of drug-likeness (QED) is 0.680. The van der Waals surface area contributed by atoms with E-state index in [0.717, 1.165) is 12.1 Å². The zero-order valence-corrected chi connectivity index (χ0v) is 12.9. The molecule has 19 heavy (non-hydrogen) atoms. The van der Waals surface area contributed by atoms with Crippen LogP contribution in [0.15, 0.2) is 18.2 Å². The van der Waals surface area contributed by atoms with E-state index in [9.17, 15) is 5.11 Å². The van der Waals surface area contributed by atoms with E-state index in [1.807, 2.05) is 23.9 Å². The number of hydrogen-bond acceptors (Lipinski definition) is 4. The number of benzene rings is 1. The van der Waals surface area contributed by atoms with E-state index in [1.165, 1.54) is 25.0 Å². The first-order valence-corrected chi connectivity index (χ1v) is 8.17. The highest BCUT2D eigenvalue weighted by atomic mass is 32.2. The van der Waals surface area contributed by atoms with Gasteiger partial charge in [0.15, 0.2) is 0 Å². The molecule has 0 bridgehead atoms. The van der Waals surface area contributed by atoms with Crippen LogP contribution in [0.2, 0.25) is 0 Å². The zero-order valence-electron chi connectivity index (χ0n) is 12.1. The van der Waals surface area contributed by atoms with Gasteiger partial charge in [0.1, 0.15) is 11.5 Å². The van der Waals surface area contributed by atoms with Crippen molar-refractivity contribution in [1.29, 1.82) is 0 Å². The van der Waals surface area contributed by atoms with Crippen molar-refractivity contribution >= 4 is 11.8 Å². The summed E-state index contributed by atoms with van der Waals surface area (Å²) in [6.07, 6.45) is 5.87. The molecule has 0 spiro atoms. The Morgan fingerprint density at radius 3 is 2.74 bits per heavy atom. The van der Waals surface area contributed by atoms with Gasteiger partial charge in [-0.1, -0.05) is 12.5 Å². The molecule has 0 aliphatic rings. The molecule has 1 unspecified atom stereocenters. The second kappa shape index (κ2) is 9.10. The van der Waals surface area contributed by atoms with Gasteiger partial charge in [0.05, 0.1) is 7.11 Å². The number of ether oxygens (including phenoxy) is 1. The maximum absolute atomic E-state index is 9.94. The van der Waals surface area contributed by atoms with E-state index in [1.54, 1.807) is 13.2 Å². The van der Waals surface area contributed by atoms with Crippen molar-refractivity contribution in [2.45, 2.75) is 32.2 Å². The number of hydrogen-bond donors (Lipinski definition) is 2. The van der Waals surface area contributed by atoms with Gasteiger partial charge >= 0.3 is 0 Å². The normalized spacial score (nSPS) is 12.4. The molecule has 0 radical (unpaired) electrons. The van der Waals surface area contributed by atoms with Crippen LogP contribution in [0.25, 0.3) is 0 Å². The monoisotopic (exact) mass is 283 g/mol. The van der Waals surface area contributed by atoms with Crippen molar-refractivity contribution < 1.29 is 9.84 Å². The summed E-state index contributed by atoms with van der Waals surface area (Å²) in [6, 6.07) is 5.61. The molecule has 1 atom stereocenters. The minimum absolute atomic E-state index is 0.159. The van der Waals surface area contributed by atoms with Gasteiger partial charge in [0.25, 0.3) is 0 Å². The molecule has 108 valence electrons. The smallest absolute Gasteiger partial charge is 0.124 e. The van der Waals surface area contributed by atoms with Gasteiger partial charge in [-0.25, -0.2) is 0 Å². The summed E-state index contributed by atoms with van der Waals surface area (Å²) < 4.78 is 5.08. The number of unbranched alkanes of at least 4 members (excludes halogenated alkanes) is 2. The number of phenolic OH excluding ortho intramolecular Hbond substituents is 1. The fraction of sp³-hybridized carbons (Fsp3) is 0.600. The molecular formula is C15H25NO2S. The molecule has 1 aromatic carbocycles. The Kier molecular flexibility index (Phi) is 7.75. The SMILES string of the molecule is COc1ccc(C(C)NCCCCCSC)c(O)c1. The molecule has 1 rings (SSSR count). The van der Waals surface area contributed by atoms with E-state index in [4.69, 9.17) is 4.74 Å². The van der Waals surface area contributed by atoms with Crippen molar-refractivity contribution in [3.63, 3.8) is 0 Å². The second-order valence-corrected chi connectivity index (χ2v) is 5.64. The number of rotatable bonds is 9. The summed E-state index contributed by atoms with van der Waals surface area (Å²) in [7, 11) is 1.60. The summed E-state index contributed by atoms with van der Waals surface area (Å²) in [4.78, 5) is 0. The van der Waals surface area contributed by atoms with Crippen LogP contribution < -0.4 is 10.1 Å². The summed E-state index contributed by atoms with van der Waals surface area (Å²) in [5.41, 5.74) is 0.921. The highest BCUT2D eigenvalue weighted by Crippen LogP contribution is 2.28. The summed E-state index contributed by atoms with van der Waals surface area (Å²) in [6.45, 7) is 3.06. The Hall–Kier alpha value is -0.870.